The van der Waals surface area contributed by atoms with E-state index in [-0.39, 0.29) is 26.1 Å². The lowest BCUT2D eigenvalue weighted by Crippen LogP contribution is -2.41. The summed E-state index contributed by atoms with van der Waals surface area (Å²) in [6.45, 7) is -0.181. The van der Waals surface area contributed by atoms with Gasteiger partial charge in [0.2, 0.25) is 0 Å². The van der Waals surface area contributed by atoms with E-state index >= 15 is 0 Å². The monoisotopic (exact) mass is 329 g/mol. The van der Waals surface area contributed by atoms with Gasteiger partial charge in [-0.3, -0.25) is 0 Å². The highest BCUT2D eigenvalue weighted by Gasteiger charge is 2.58. The van der Waals surface area contributed by atoms with Gasteiger partial charge < -0.3 is 19.9 Å². The van der Waals surface area contributed by atoms with E-state index in [4.69, 9.17) is 14.6 Å². The molecule has 0 spiro atoms. The number of hydrogen-bond acceptors (Lipinski definition) is 4. The Labute approximate surface area is 131 Å². The predicted molar refractivity (Wildman–Crippen MR) is 75.1 cm³/mol. The van der Waals surface area contributed by atoms with Gasteiger partial charge in [0.1, 0.15) is 18.8 Å². The van der Waals surface area contributed by atoms with Crippen LogP contribution in [0.5, 0.6) is 0 Å². The molecule has 6 nitrogen and oxygen atoms in total. The summed E-state index contributed by atoms with van der Waals surface area (Å²) in [5, 5.41) is 11.2. The number of nitrogens with one attached hydrogen (secondary N) is 1. The minimum atomic E-state index is -2.82. The van der Waals surface area contributed by atoms with Crippen LogP contribution >= 0.6 is 0 Å². The van der Waals surface area contributed by atoms with E-state index in [1.807, 2.05) is 6.07 Å². The van der Waals surface area contributed by atoms with Gasteiger partial charge >= 0.3 is 12.1 Å². The third-order valence-electron chi connectivity index (χ3n) is 3.30. The zero-order valence-corrected chi connectivity index (χ0v) is 12.2. The van der Waals surface area contributed by atoms with Crippen LogP contribution in [0, 0.1) is 0 Å². The second-order valence-corrected chi connectivity index (χ2v) is 5.21. The second kappa shape index (κ2) is 7.36. The highest BCUT2D eigenvalue weighted by Crippen LogP contribution is 2.44. The van der Waals surface area contributed by atoms with Gasteiger partial charge in [-0.1, -0.05) is 30.3 Å². The Morgan fingerprint density at radius 1 is 1.35 bits per heavy atom. The molecule has 1 aliphatic rings. The summed E-state index contributed by atoms with van der Waals surface area (Å²) in [4.78, 5) is 22.6. The molecule has 1 fully saturated rings. The first-order valence-electron chi connectivity index (χ1n) is 7.08. The number of aliphatic carboxylic acids is 1. The van der Waals surface area contributed by atoms with Gasteiger partial charge in [0.05, 0.1) is 0 Å². The van der Waals surface area contributed by atoms with Crippen LogP contribution in [0.25, 0.3) is 0 Å². The Bertz CT molecular complexity index is 552. The van der Waals surface area contributed by atoms with Crippen LogP contribution in [0.2, 0.25) is 0 Å². The maximum Gasteiger partial charge on any atom is 0.408 e. The van der Waals surface area contributed by atoms with Crippen molar-refractivity contribution in [3.8, 4) is 0 Å². The van der Waals surface area contributed by atoms with Crippen LogP contribution in [-0.4, -0.2) is 41.8 Å². The Hall–Kier alpha value is -2.22. The average molecular weight is 329 g/mol. The number of ether oxygens (including phenoxy) is 2. The molecule has 0 radical (unpaired) electrons. The van der Waals surface area contributed by atoms with E-state index in [0.717, 1.165) is 5.56 Å². The largest absolute Gasteiger partial charge is 0.480 e. The Morgan fingerprint density at radius 3 is 2.57 bits per heavy atom. The van der Waals surface area contributed by atoms with Gasteiger partial charge in [0, 0.05) is 19.4 Å². The smallest absolute Gasteiger partial charge is 0.408 e. The molecule has 8 heteroatoms. The summed E-state index contributed by atoms with van der Waals surface area (Å²) >= 11 is 0. The zero-order chi connectivity index (χ0) is 16.9. The first-order valence-corrected chi connectivity index (χ1v) is 7.08. The fourth-order valence-corrected chi connectivity index (χ4v) is 1.86. The minimum absolute atomic E-state index is 0.00378. The van der Waals surface area contributed by atoms with Gasteiger partial charge in [0.15, 0.2) is 0 Å². The molecule has 2 unspecified atom stereocenters. The number of hydrogen-bond donors (Lipinski definition) is 2. The van der Waals surface area contributed by atoms with Crippen molar-refractivity contribution in [2.45, 2.75) is 37.5 Å². The van der Waals surface area contributed by atoms with E-state index in [1.165, 1.54) is 0 Å². The quantitative estimate of drug-likeness (QED) is 0.763. The fourth-order valence-electron chi connectivity index (χ4n) is 1.86. The lowest BCUT2D eigenvalue weighted by molar-refractivity contribution is -0.140. The van der Waals surface area contributed by atoms with Crippen molar-refractivity contribution in [2.24, 2.45) is 0 Å². The maximum absolute atomic E-state index is 12.6. The topological polar surface area (TPSA) is 84.9 Å². The molecule has 0 bridgehead atoms. The number of halogens is 2. The van der Waals surface area contributed by atoms with Crippen LogP contribution in [0.4, 0.5) is 13.6 Å². The molecule has 1 aliphatic carbocycles. The molecule has 2 N–H and O–H groups in total. The number of alkyl halides is 2. The third kappa shape index (κ3) is 5.48. The summed E-state index contributed by atoms with van der Waals surface area (Å²) in [5.74, 6) is -4.10. The van der Waals surface area contributed by atoms with Crippen molar-refractivity contribution >= 4 is 12.1 Å². The summed E-state index contributed by atoms with van der Waals surface area (Å²) in [6, 6.07) is 7.62. The molecule has 1 saturated carbocycles. The normalized spacial score (nSPS) is 19.7. The van der Waals surface area contributed by atoms with E-state index < -0.39 is 30.1 Å². The van der Waals surface area contributed by atoms with E-state index in [2.05, 4.69) is 5.32 Å². The molecule has 0 heterocycles. The van der Waals surface area contributed by atoms with E-state index in [9.17, 15) is 18.4 Å². The standard InChI is InChI=1S/C15H17F2NO5/c16-15(17)8-12(15)22-7-6-11(13(19)20)18-14(21)23-9-10-4-2-1-3-5-10/h1-5,11-12H,6-9H2,(H,18,21)(H,19,20). The fraction of sp³-hybridized carbons (Fsp3) is 0.467. The van der Waals surface area contributed by atoms with Crippen LogP contribution < -0.4 is 5.32 Å². The number of carbonyl (C=O) groups excluding carboxylic acids is 1. The Kier molecular flexibility index (Phi) is 5.49. The number of carboxylic acid groups (broad SMARTS) is 1. The molecular weight excluding hydrogens is 312 g/mol. The number of benzene rings is 1. The molecular formula is C15H17F2NO5. The van der Waals surface area contributed by atoms with E-state index in [1.54, 1.807) is 24.3 Å². The Morgan fingerprint density at radius 2 is 2.00 bits per heavy atom. The van der Waals surface area contributed by atoms with Crippen molar-refractivity contribution in [1.29, 1.82) is 0 Å². The molecule has 23 heavy (non-hydrogen) atoms. The summed E-state index contributed by atoms with van der Waals surface area (Å²) in [5.41, 5.74) is 0.758. The minimum Gasteiger partial charge on any atom is -0.480 e. The highest BCUT2D eigenvalue weighted by molar-refractivity contribution is 5.79. The van der Waals surface area contributed by atoms with Crippen molar-refractivity contribution in [1.82, 2.24) is 5.32 Å². The summed E-state index contributed by atoms with van der Waals surface area (Å²) in [6.07, 6.45) is -2.51. The van der Waals surface area contributed by atoms with Gasteiger partial charge in [-0.15, -0.1) is 0 Å². The first-order chi connectivity index (χ1) is 10.9. The molecule has 126 valence electrons. The van der Waals surface area contributed by atoms with Gasteiger partial charge in [-0.25, -0.2) is 18.4 Å². The molecule has 0 saturated heterocycles. The summed E-state index contributed by atoms with van der Waals surface area (Å²) in [7, 11) is 0. The molecule has 2 rings (SSSR count). The van der Waals surface area contributed by atoms with Gasteiger partial charge in [0.25, 0.3) is 5.92 Å². The van der Waals surface area contributed by atoms with Crippen LogP contribution in [-0.2, 0) is 20.9 Å². The number of amides is 1. The second-order valence-electron chi connectivity index (χ2n) is 5.21. The third-order valence-corrected chi connectivity index (χ3v) is 3.30. The molecule has 1 aromatic carbocycles. The molecule has 0 aliphatic heterocycles. The lowest BCUT2D eigenvalue weighted by atomic mass is 10.2. The lowest BCUT2D eigenvalue weighted by Gasteiger charge is -2.14. The van der Waals surface area contributed by atoms with Crippen molar-refractivity contribution < 1.29 is 33.0 Å². The van der Waals surface area contributed by atoms with Crippen molar-refractivity contribution in [3.63, 3.8) is 0 Å². The number of rotatable bonds is 8. The average Bonchev–Trinajstić information content (AvgIpc) is 3.12. The van der Waals surface area contributed by atoms with Crippen molar-refractivity contribution in [2.75, 3.05) is 6.61 Å². The first kappa shape index (κ1) is 17.1. The van der Waals surface area contributed by atoms with Crippen molar-refractivity contribution in [3.05, 3.63) is 35.9 Å². The number of carboxylic acids is 1. The number of carbonyl (C=O) groups is 2. The SMILES string of the molecule is O=C(NC(CCOC1CC1(F)F)C(=O)O)OCc1ccccc1. The van der Waals surface area contributed by atoms with Crippen LogP contribution in [0.3, 0.4) is 0 Å². The van der Waals surface area contributed by atoms with E-state index in [0.29, 0.717) is 0 Å². The maximum atomic E-state index is 12.6. The summed E-state index contributed by atoms with van der Waals surface area (Å²) < 4.78 is 35.0. The van der Waals surface area contributed by atoms with Crippen LogP contribution in [0.1, 0.15) is 18.4 Å². The van der Waals surface area contributed by atoms with Gasteiger partial charge in [-0.05, 0) is 5.56 Å². The molecule has 1 amide bonds. The zero-order valence-electron chi connectivity index (χ0n) is 12.2. The highest BCUT2D eigenvalue weighted by atomic mass is 19.3. The molecule has 2 atom stereocenters. The predicted octanol–water partition coefficient (Wildman–Crippen LogP) is 2.18. The molecule has 1 aromatic rings. The van der Waals surface area contributed by atoms with Crippen LogP contribution in [0.15, 0.2) is 30.3 Å². The Balaban J connectivity index is 1.70. The van der Waals surface area contributed by atoms with Gasteiger partial charge in [-0.2, -0.15) is 0 Å². The number of alkyl carbamates (subject to hydrolysis) is 1. The molecule has 0 aromatic heterocycles.